The molecule has 0 bridgehead atoms. The summed E-state index contributed by atoms with van der Waals surface area (Å²) in [6.45, 7) is 0.262. The highest BCUT2D eigenvalue weighted by Crippen LogP contribution is 2.38. The third-order valence-corrected chi connectivity index (χ3v) is 4.43. The van der Waals surface area contributed by atoms with Gasteiger partial charge in [0.2, 0.25) is 0 Å². The fraction of sp³-hybridized carbons (Fsp3) is 0.0500. The Morgan fingerprint density at radius 2 is 1.54 bits per heavy atom. The average molecular weight is 408 g/mol. The summed E-state index contributed by atoms with van der Waals surface area (Å²) in [5.74, 6) is 0.240. The number of benzene rings is 3. The highest BCUT2D eigenvalue weighted by atomic mass is 35.5. The summed E-state index contributed by atoms with van der Waals surface area (Å²) in [5.41, 5.74) is 2.33. The van der Waals surface area contributed by atoms with Gasteiger partial charge >= 0.3 is 0 Å². The molecule has 0 spiro atoms. The van der Waals surface area contributed by atoms with Crippen LogP contribution in [-0.2, 0) is 6.61 Å². The van der Waals surface area contributed by atoms with Crippen molar-refractivity contribution in [3.8, 4) is 22.6 Å². The Balaban J connectivity index is 2.01. The van der Waals surface area contributed by atoms with Crippen molar-refractivity contribution in [1.29, 1.82) is 0 Å². The maximum atomic E-state index is 11.2. The first-order valence-corrected chi connectivity index (χ1v) is 8.75. The van der Waals surface area contributed by atoms with Gasteiger partial charge in [0.25, 0.3) is 0 Å². The van der Waals surface area contributed by atoms with Crippen LogP contribution in [0.2, 0.25) is 15.1 Å². The molecule has 0 unspecified atom stereocenters. The van der Waals surface area contributed by atoms with Gasteiger partial charge in [0.05, 0.1) is 5.56 Å². The van der Waals surface area contributed by atoms with Crippen molar-refractivity contribution in [2.45, 2.75) is 6.61 Å². The van der Waals surface area contributed by atoms with E-state index in [4.69, 9.17) is 39.5 Å². The molecule has 132 valence electrons. The van der Waals surface area contributed by atoms with Crippen LogP contribution < -0.4 is 4.74 Å². The summed E-state index contributed by atoms with van der Waals surface area (Å²) in [7, 11) is 0. The molecule has 0 radical (unpaired) electrons. The molecule has 6 heteroatoms. The minimum absolute atomic E-state index is 0.148. The molecule has 0 aliphatic rings. The number of halogens is 3. The average Bonchev–Trinajstić information content (AvgIpc) is 2.60. The van der Waals surface area contributed by atoms with Gasteiger partial charge in [-0.15, -0.1) is 0 Å². The van der Waals surface area contributed by atoms with E-state index in [0.29, 0.717) is 38.2 Å². The molecule has 3 rings (SSSR count). The van der Waals surface area contributed by atoms with Gasteiger partial charge in [-0.25, -0.2) is 0 Å². The Bertz CT molecular complexity index is 933. The van der Waals surface area contributed by atoms with Crippen molar-refractivity contribution in [2.24, 2.45) is 0 Å². The molecule has 3 nitrogen and oxygen atoms in total. The first-order valence-electron chi connectivity index (χ1n) is 7.62. The lowest BCUT2D eigenvalue weighted by molar-refractivity contribution is 0.112. The lowest BCUT2D eigenvalue weighted by atomic mass is 10.0. The Hall–Kier alpha value is -2.20. The number of phenolic OH excluding ortho intramolecular Hbond substituents is 1. The largest absolute Gasteiger partial charge is 0.507 e. The zero-order valence-electron chi connectivity index (χ0n) is 13.4. The van der Waals surface area contributed by atoms with E-state index < -0.39 is 0 Å². The van der Waals surface area contributed by atoms with E-state index in [1.54, 1.807) is 36.4 Å². The van der Waals surface area contributed by atoms with Crippen molar-refractivity contribution in [3.05, 3.63) is 80.8 Å². The zero-order chi connectivity index (χ0) is 18.7. The number of carbonyl (C=O) groups is 1. The predicted octanol–water partition coefficient (Wildman–Crippen LogP) is 6.41. The molecule has 0 heterocycles. The third-order valence-electron chi connectivity index (χ3n) is 3.74. The number of aromatic hydroxyl groups is 1. The second-order valence-corrected chi connectivity index (χ2v) is 6.91. The molecule has 0 amide bonds. The summed E-state index contributed by atoms with van der Waals surface area (Å²) >= 11 is 18.1. The van der Waals surface area contributed by atoms with Crippen LogP contribution >= 0.6 is 34.8 Å². The van der Waals surface area contributed by atoms with Gasteiger partial charge < -0.3 is 9.84 Å². The lowest BCUT2D eigenvalue weighted by Gasteiger charge is -2.14. The standard InChI is InChI=1S/C20H13Cl3O3/c21-15-3-1-12(2-4-15)11-26-20-9-19(25)14(10-24)7-18(20)13-5-16(22)8-17(23)6-13/h1-10,25H,11H2. The number of phenols is 1. The molecule has 0 atom stereocenters. The van der Waals surface area contributed by atoms with Crippen LogP contribution in [0, 0.1) is 0 Å². The molecule has 0 saturated carbocycles. The van der Waals surface area contributed by atoms with Gasteiger partial charge in [-0.2, -0.15) is 0 Å². The van der Waals surface area contributed by atoms with Gasteiger partial charge in [0.1, 0.15) is 18.1 Å². The van der Waals surface area contributed by atoms with Crippen molar-refractivity contribution in [3.63, 3.8) is 0 Å². The number of hydrogen-bond donors (Lipinski definition) is 1. The number of aldehydes is 1. The van der Waals surface area contributed by atoms with Gasteiger partial charge in [0.15, 0.2) is 6.29 Å². The van der Waals surface area contributed by atoms with Crippen molar-refractivity contribution in [1.82, 2.24) is 0 Å². The number of hydrogen-bond acceptors (Lipinski definition) is 3. The van der Waals surface area contributed by atoms with E-state index in [1.165, 1.54) is 6.07 Å². The second kappa shape index (κ2) is 8.00. The Morgan fingerprint density at radius 3 is 2.15 bits per heavy atom. The van der Waals surface area contributed by atoms with E-state index in [0.717, 1.165) is 5.56 Å². The van der Waals surface area contributed by atoms with Crippen molar-refractivity contribution < 1.29 is 14.6 Å². The Labute approximate surface area is 165 Å². The summed E-state index contributed by atoms with van der Waals surface area (Å²) in [5, 5.41) is 11.6. The minimum atomic E-state index is -0.164. The molecule has 3 aromatic carbocycles. The SMILES string of the molecule is O=Cc1cc(-c2cc(Cl)cc(Cl)c2)c(OCc2ccc(Cl)cc2)cc1O. The van der Waals surface area contributed by atoms with Crippen LogP contribution in [0.25, 0.3) is 11.1 Å². The summed E-state index contributed by atoms with van der Waals surface area (Å²) in [6, 6.07) is 15.2. The zero-order valence-corrected chi connectivity index (χ0v) is 15.6. The minimum Gasteiger partial charge on any atom is -0.507 e. The van der Waals surface area contributed by atoms with Gasteiger partial charge in [-0.05, 0) is 47.5 Å². The molecule has 0 aliphatic heterocycles. The lowest BCUT2D eigenvalue weighted by Crippen LogP contribution is -1.98. The second-order valence-electron chi connectivity index (χ2n) is 5.60. The highest BCUT2D eigenvalue weighted by Gasteiger charge is 2.14. The fourth-order valence-electron chi connectivity index (χ4n) is 2.48. The van der Waals surface area contributed by atoms with Gasteiger partial charge in [-0.3, -0.25) is 4.79 Å². The first kappa shape index (κ1) is 18.6. The van der Waals surface area contributed by atoms with E-state index in [2.05, 4.69) is 0 Å². The summed E-state index contributed by atoms with van der Waals surface area (Å²) < 4.78 is 5.87. The fourth-order valence-corrected chi connectivity index (χ4v) is 3.13. The maximum absolute atomic E-state index is 11.2. The summed E-state index contributed by atoms with van der Waals surface area (Å²) in [4.78, 5) is 11.2. The third kappa shape index (κ3) is 4.31. The molecule has 26 heavy (non-hydrogen) atoms. The Kier molecular flexibility index (Phi) is 5.72. The Morgan fingerprint density at radius 1 is 0.885 bits per heavy atom. The smallest absolute Gasteiger partial charge is 0.153 e. The molecule has 0 fully saturated rings. The van der Waals surface area contributed by atoms with E-state index in [1.807, 2.05) is 12.1 Å². The molecule has 0 aromatic heterocycles. The van der Waals surface area contributed by atoms with Crippen LogP contribution in [0.4, 0.5) is 0 Å². The topological polar surface area (TPSA) is 46.5 Å². The molecule has 1 N–H and O–H groups in total. The van der Waals surface area contributed by atoms with Crippen LogP contribution in [0.1, 0.15) is 15.9 Å². The normalized spacial score (nSPS) is 10.6. The quantitative estimate of drug-likeness (QED) is 0.497. The van der Waals surface area contributed by atoms with Crippen molar-refractivity contribution in [2.75, 3.05) is 0 Å². The van der Waals surface area contributed by atoms with E-state index >= 15 is 0 Å². The van der Waals surface area contributed by atoms with Crippen LogP contribution in [-0.4, -0.2) is 11.4 Å². The number of ether oxygens (including phenoxy) is 1. The molecule has 0 aliphatic carbocycles. The van der Waals surface area contributed by atoms with Crippen LogP contribution in [0.5, 0.6) is 11.5 Å². The molecular weight excluding hydrogens is 395 g/mol. The maximum Gasteiger partial charge on any atom is 0.153 e. The monoisotopic (exact) mass is 406 g/mol. The highest BCUT2D eigenvalue weighted by molar-refractivity contribution is 6.35. The van der Waals surface area contributed by atoms with E-state index in [9.17, 15) is 9.90 Å². The van der Waals surface area contributed by atoms with Gasteiger partial charge in [-0.1, -0.05) is 46.9 Å². The number of carbonyl (C=O) groups excluding carboxylic acids is 1. The molecule has 0 saturated heterocycles. The number of rotatable bonds is 5. The molecular formula is C20H13Cl3O3. The van der Waals surface area contributed by atoms with E-state index in [-0.39, 0.29) is 17.9 Å². The first-order chi connectivity index (χ1) is 12.5. The predicted molar refractivity (Wildman–Crippen MR) is 105 cm³/mol. The van der Waals surface area contributed by atoms with Gasteiger partial charge in [0, 0.05) is 26.7 Å². The van der Waals surface area contributed by atoms with Crippen LogP contribution in [0.3, 0.4) is 0 Å². The van der Waals surface area contributed by atoms with Crippen LogP contribution in [0.15, 0.2) is 54.6 Å². The summed E-state index contributed by atoms with van der Waals surface area (Å²) in [6.07, 6.45) is 0.577. The molecule has 3 aromatic rings. The van der Waals surface area contributed by atoms with Crippen molar-refractivity contribution >= 4 is 41.1 Å².